The maximum atomic E-state index is 2.51. The summed E-state index contributed by atoms with van der Waals surface area (Å²) in [6, 6.07) is 67.6. The molecule has 0 N–H and O–H groups in total. The Balaban J connectivity index is 1.13. The SMILES string of the molecule is CC1(C)c2cc(-c3ccc(-c4c5ccccc5c(-c5ccccc5)c5ccccc45)cc3)c3ccccc3c2-c2c1c1ccccc1c1ccccc21. The molecule has 0 spiro atoms. The number of rotatable bonds is 3. The van der Waals surface area contributed by atoms with E-state index < -0.39 is 0 Å². The second-order valence-electron chi connectivity index (χ2n) is 15.1. The van der Waals surface area contributed by atoms with E-state index >= 15 is 0 Å². The minimum atomic E-state index is -0.175. The van der Waals surface area contributed by atoms with Crippen LogP contribution in [0.4, 0.5) is 0 Å². The van der Waals surface area contributed by atoms with E-state index in [-0.39, 0.29) is 5.41 Å². The Hall–Kier alpha value is -6.50. The molecule has 53 heavy (non-hydrogen) atoms. The highest BCUT2D eigenvalue weighted by molar-refractivity contribution is 6.23. The Labute approximate surface area is 309 Å². The molecule has 0 amide bonds. The van der Waals surface area contributed by atoms with Crippen LogP contribution in [0.25, 0.3) is 98.4 Å². The van der Waals surface area contributed by atoms with Crippen LogP contribution < -0.4 is 0 Å². The largest absolute Gasteiger partial charge is 0.0622 e. The van der Waals surface area contributed by atoms with E-state index in [4.69, 9.17) is 0 Å². The molecule has 1 aliphatic carbocycles. The van der Waals surface area contributed by atoms with Crippen molar-refractivity contribution in [2.45, 2.75) is 19.3 Å². The Bertz CT molecular complexity index is 3050. The zero-order valence-corrected chi connectivity index (χ0v) is 29.8. The van der Waals surface area contributed by atoms with Crippen LogP contribution in [0.5, 0.6) is 0 Å². The summed E-state index contributed by atoms with van der Waals surface area (Å²) in [7, 11) is 0. The summed E-state index contributed by atoms with van der Waals surface area (Å²) >= 11 is 0. The van der Waals surface area contributed by atoms with Gasteiger partial charge in [0.2, 0.25) is 0 Å². The number of hydrogen-bond donors (Lipinski definition) is 0. The third-order valence-corrected chi connectivity index (χ3v) is 12.0. The summed E-state index contributed by atoms with van der Waals surface area (Å²) in [6.07, 6.45) is 0. The van der Waals surface area contributed by atoms with Gasteiger partial charge in [-0.1, -0.05) is 190 Å². The predicted octanol–water partition coefficient (Wildman–Crippen LogP) is 14.8. The van der Waals surface area contributed by atoms with Gasteiger partial charge in [0.1, 0.15) is 0 Å². The molecule has 0 atom stereocenters. The van der Waals surface area contributed by atoms with Crippen molar-refractivity contribution in [1.29, 1.82) is 0 Å². The molecule has 0 saturated heterocycles. The zero-order chi connectivity index (χ0) is 35.3. The lowest BCUT2D eigenvalue weighted by molar-refractivity contribution is 0.667. The topological polar surface area (TPSA) is 0 Å². The van der Waals surface area contributed by atoms with Crippen molar-refractivity contribution in [2.24, 2.45) is 0 Å². The van der Waals surface area contributed by atoms with E-state index in [1.54, 1.807) is 0 Å². The lowest BCUT2D eigenvalue weighted by Gasteiger charge is -2.25. The number of fused-ring (bicyclic) bond motifs is 12. The molecule has 0 unspecified atom stereocenters. The number of hydrogen-bond acceptors (Lipinski definition) is 0. The lowest BCUT2D eigenvalue weighted by Crippen LogP contribution is -2.16. The van der Waals surface area contributed by atoms with Crippen molar-refractivity contribution in [1.82, 2.24) is 0 Å². The summed E-state index contributed by atoms with van der Waals surface area (Å²) in [5.74, 6) is 0. The second-order valence-corrected chi connectivity index (χ2v) is 15.1. The van der Waals surface area contributed by atoms with Crippen LogP contribution in [0.2, 0.25) is 0 Å². The molecule has 10 aromatic carbocycles. The monoisotopic (exact) mass is 672 g/mol. The van der Waals surface area contributed by atoms with Crippen molar-refractivity contribution < 1.29 is 0 Å². The zero-order valence-electron chi connectivity index (χ0n) is 29.8. The maximum Gasteiger partial charge on any atom is 0.0165 e. The van der Waals surface area contributed by atoms with Gasteiger partial charge in [0.05, 0.1) is 0 Å². The van der Waals surface area contributed by atoms with Crippen LogP contribution >= 0.6 is 0 Å². The summed E-state index contributed by atoms with van der Waals surface area (Å²) < 4.78 is 0. The van der Waals surface area contributed by atoms with Crippen LogP contribution in [-0.4, -0.2) is 0 Å². The normalized spacial score (nSPS) is 13.2. The van der Waals surface area contributed by atoms with Crippen molar-refractivity contribution in [3.63, 3.8) is 0 Å². The Morgan fingerprint density at radius 2 is 0.642 bits per heavy atom. The van der Waals surface area contributed by atoms with Crippen molar-refractivity contribution >= 4 is 53.9 Å². The van der Waals surface area contributed by atoms with Crippen LogP contribution in [0, 0.1) is 0 Å². The standard InChI is InChI=1S/C53H36/c1-53(2)47-32-46(38-20-7-9-21-39(38)50(47)51-40-22-10-6-18-36(40)37-19-8-15-27-45(37)52(51)53)33-28-30-35(31-29-33)49-43-25-13-11-23-41(43)48(34-16-4-3-5-17-34)42-24-12-14-26-44(42)49/h3-32H,1-2H3. The fourth-order valence-corrected chi connectivity index (χ4v) is 9.73. The molecule has 0 radical (unpaired) electrons. The smallest absolute Gasteiger partial charge is 0.0165 e. The summed E-state index contributed by atoms with van der Waals surface area (Å²) in [5.41, 5.74) is 13.0. The Kier molecular flexibility index (Phi) is 6.40. The van der Waals surface area contributed by atoms with E-state index in [0.717, 1.165) is 0 Å². The van der Waals surface area contributed by atoms with Gasteiger partial charge in [-0.3, -0.25) is 0 Å². The van der Waals surface area contributed by atoms with E-state index in [9.17, 15) is 0 Å². The fourth-order valence-electron chi connectivity index (χ4n) is 9.73. The third-order valence-electron chi connectivity index (χ3n) is 12.0. The lowest BCUT2D eigenvalue weighted by atomic mass is 9.78. The maximum absolute atomic E-state index is 2.51. The second kappa shape index (κ2) is 11.2. The van der Waals surface area contributed by atoms with Gasteiger partial charge in [0, 0.05) is 5.41 Å². The minimum absolute atomic E-state index is 0.175. The van der Waals surface area contributed by atoms with Crippen LogP contribution in [0.3, 0.4) is 0 Å². The average Bonchev–Trinajstić information content (AvgIpc) is 3.46. The van der Waals surface area contributed by atoms with Gasteiger partial charge >= 0.3 is 0 Å². The van der Waals surface area contributed by atoms with E-state index in [1.165, 1.54) is 109 Å². The molecule has 0 fully saturated rings. The predicted molar refractivity (Wildman–Crippen MR) is 228 cm³/mol. The molecule has 0 bridgehead atoms. The van der Waals surface area contributed by atoms with E-state index in [2.05, 4.69) is 196 Å². The molecule has 0 aromatic heterocycles. The number of benzene rings is 10. The molecule has 0 heterocycles. The average molecular weight is 673 g/mol. The van der Waals surface area contributed by atoms with Gasteiger partial charge in [-0.2, -0.15) is 0 Å². The first-order valence-electron chi connectivity index (χ1n) is 18.7. The summed E-state index contributed by atoms with van der Waals surface area (Å²) in [4.78, 5) is 0. The van der Waals surface area contributed by atoms with Gasteiger partial charge < -0.3 is 0 Å². The molecule has 0 saturated carbocycles. The van der Waals surface area contributed by atoms with E-state index in [1.807, 2.05) is 0 Å². The summed E-state index contributed by atoms with van der Waals surface area (Å²) in [6.45, 7) is 4.85. The molecule has 0 aliphatic heterocycles. The molecule has 248 valence electrons. The van der Waals surface area contributed by atoms with Crippen molar-refractivity contribution in [3.8, 4) is 44.5 Å². The Morgan fingerprint density at radius 3 is 1.17 bits per heavy atom. The van der Waals surface area contributed by atoms with E-state index in [0.29, 0.717) is 0 Å². The fraction of sp³-hybridized carbons (Fsp3) is 0.0566. The molecule has 0 heteroatoms. The van der Waals surface area contributed by atoms with Gasteiger partial charge in [-0.05, 0) is 116 Å². The molecular formula is C53H36. The highest BCUT2D eigenvalue weighted by atomic mass is 14.4. The third kappa shape index (κ3) is 4.24. The van der Waals surface area contributed by atoms with Gasteiger partial charge in [-0.25, -0.2) is 0 Å². The first-order chi connectivity index (χ1) is 26.1. The highest BCUT2D eigenvalue weighted by Crippen LogP contribution is 2.57. The Morgan fingerprint density at radius 1 is 0.283 bits per heavy atom. The first kappa shape index (κ1) is 30.2. The highest BCUT2D eigenvalue weighted by Gasteiger charge is 2.40. The van der Waals surface area contributed by atoms with Gasteiger partial charge in [0.25, 0.3) is 0 Å². The molecule has 1 aliphatic rings. The molecular weight excluding hydrogens is 637 g/mol. The molecule has 0 nitrogen and oxygen atoms in total. The minimum Gasteiger partial charge on any atom is -0.0622 e. The van der Waals surface area contributed by atoms with Crippen LogP contribution in [0.15, 0.2) is 182 Å². The quantitative estimate of drug-likeness (QED) is 0.129. The van der Waals surface area contributed by atoms with Crippen molar-refractivity contribution in [3.05, 3.63) is 193 Å². The van der Waals surface area contributed by atoms with Crippen molar-refractivity contribution in [2.75, 3.05) is 0 Å². The molecule has 11 rings (SSSR count). The van der Waals surface area contributed by atoms with Gasteiger partial charge in [0.15, 0.2) is 0 Å². The van der Waals surface area contributed by atoms with Gasteiger partial charge in [-0.15, -0.1) is 0 Å². The summed E-state index contributed by atoms with van der Waals surface area (Å²) in [5, 5.41) is 13.1. The van der Waals surface area contributed by atoms with Crippen LogP contribution in [-0.2, 0) is 5.41 Å². The van der Waals surface area contributed by atoms with Crippen LogP contribution in [0.1, 0.15) is 25.0 Å². The first-order valence-corrected chi connectivity index (χ1v) is 18.7. The molecule has 10 aromatic rings.